The normalized spacial score (nSPS) is 17.6. The van der Waals surface area contributed by atoms with Crippen molar-refractivity contribution in [3.8, 4) is 0 Å². The number of likely N-dealkylation sites (tertiary alicyclic amines) is 3. The number of carbonyl (C=O) groups excluding carboxylic acids is 5. The molecule has 3 amide bonds. The third-order valence-corrected chi connectivity index (χ3v) is 16.6. The number of aliphatic imine (C=N–C) groups is 1. The maximum absolute atomic E-state index is 12.2. The number of benzene rings is 5. The number of methoxy groups -OCH3 is 1. The van der Waals surface area contributed by atoms with Crippen molar-refractivity contribution in [1.82, 2.24) is 20.0 Å². The van der Waals surface area contributed by atoms with Gasteiger partial charge in [0.25, 0.3) is 0 Å². The number of hydrogen-bond acceptors (Lipinski definition) is 12. The molecule has 11 rings (SSSR count). The van der Waals surface area contributed by atoms with Crippen molar-refractivity contribution in [2.75, 3.05) is 66.7 Å². The number of nitrogens with one attached hydrogen (secondary N) is 1. The summed E-state index contributed by atoms with van der Waals surface area (Å²) in [5.74, 6) is -0.0348. The molecule has 5 fully saturated rings. The Balaban J connectivity index is 0.000000552. The Bertz CT molecular complexity index is 2980. The van der Waals surface area contributed by atoms with Gasteiger partial charge < -0.3 is 45.5 Å². The Morgan fingerprint density at radius 3 is 1.47 bits per heavy atom. The summed E-state index contributed by atoms with van der Waals surface area (Å²) in [7, 11) is 2.37. The van der Waals surface area contributed by atoms with E-state index in [2.05, 4.69) is 146 Å². The molecule has 6 aliphatic rings. The maximum atomic E-state index is 12.2. The minimum atomic E-state index is -0.481. The summed E-state index contributed by atoms with van der Waals surface area (Å²) >= 11 is 13.5. The molecule has 0 bridgehead atoms. The van der Waals surface area contributed by atoms with E-state index in [0.29, 0.717) is 17.2 Å². The molecule has 92 heavy (non-hydrogen) atoms. The topological polar surface area (TPSA) is 177 Å². The summed E-state index contributed by atoms with van der Waals surface area (Å²) in [6.07, 6.45) is 15.3. The molecule has 3 radical (unpaired) electrons. The number of nitrogens with zero attached hydrogens (tertiary/aromatic N) is 4. The van der Waals surface area contributed by atoms with Crippen molar-refractivity contribution < 1.29 is 79.0 Å². The first kappa shape index (κ1) is 83.6. The van der Waals surface area contributed by atoms with Crippen LogP contribution in [0.3, 0.4) is 0 Å². The van der Waals surface area contributed by atoms with Gasteiger partial charge in [0.15, 0.2) is 0 Å². The Labute approximate surface area is 606 Å². The number of hydrogen-bond donors (Lipinski definition) is 2. The summed E-state index contributed by atoms with van der Waals surface area (Å²) in [6, 6.07) is 40.3. The average molecular weight is 1530 g/mol. The smallest absolute Gasteiger partial charge is 1.00 e. The minimum absolute atomic E-state index is 0. The van der Waals surface area contributed by atoms with Crippen LogP contribution in [0.2, 0.25) is 0 Å². The molecule has 495 valence electrons. The van der Waals surface area contributed by atoms with Crippen LogP contribution in [0.5, 0.6) is 0 Å². The predicted molar refractivity (Wildman–Crippen MR) is 381 cm³/mol. The molecule has 21 heteroatoms. The second kappa shape index (κ2) is 45.1. The first-order chi connectivity index (χ1) is 43.1. The van der Waals surface area contributed by atoms with Gasteiger partial charge in [-0.15, -0.1) is 6.58 Å². The molecule has 15 nitrogen and oxygen atoms in total. The van der Waals surface area contributed by atoms with Gasteiger partial charge in [0.2, 0.25) is 5.91 Å². The second-order valence-corrected chi connectivity index (χ2v) is 27.4. The van der Waals surface area contributed by atoms with Crippen molar-refractivity contribution in [1.29, 1.82) is 0 Å². The van der Waals surface area contributed by atoms with E-state index in [1.54, 1.807) is 47.4 Å². The number of ether oxygens (including phenoxy) is 4. The van der Waals surface area contributed by atoms with Gasteiger partial charge in [-0.25, -0.2) is 14.4 Å². The molecule has 2 N–H and O–H groups in total. The minimum Gasteiger partial charge on any atom is -1.00 e. The first-order valence-corrected chi connectivity index (χ1v) is 34.1. The Morgan fingerprint density at radius 2 is 1.10 bits per heavy atom. The molecule has 5 aromatic rings. The zero-order valence-electron chi connectivity index (χ0n) is 56.3. The fraction of sp³-hybridized carbons (Fsp3) is 0.465. The fourth-order valence-electron chi connectivity index (χ4n) is 10.1. The Morgan fingerprint density at radius 1 is 0.641 bits per heavy atom. The number of rotatable bonds is 8. The van der Waals surface area contributed by atoms with E-state index in [-0.39, 0.29) is 75.5 Å². The number of esters is 1. The maximum Gasteiger partial charge on any atom is 1.00 e. The standard InChI is InChI=1S/C16H21NO3.C15H20BrNO2.C10H12BrN.C10H10BrN.C8H7BrO2.C7H11NO.C4H8O.CH4O.B.Na.H/c1-16(2,3)20-15(19)17-10-4-5-14(17)13-8-6-12(11-18)7-9-13;1-15(2,3)19-14(18)17-10-4-5-13(17)11-6-8-12(16)9-7-11;2*11-9-5-3-8(4-6-9)10-2-1-7-12-10;1-11-8(10)6-2-4-7(9)5-3-6;1-2-5-8-6-3-4-7(8)9;1-2-4-5-3-1;1-2;;;/h6-9,11,14H,4-5,10H2,1-3H3;6-9,13H,4-5,10H2,1-3H3;3-6,10,12H,1-2,7H2;3-6H,1-2,7H2;2-5H,1H3;2H,1,3-6H2;1-4H2;2H,1H3;;;/q;;;;;;;;;+1;-1. The van der Waals surface area contributed by atoms with E-state index in [0.717, 1.165) is 128 Å². The summed E-state index contributed by atoms with van der Waals surface area (Å²) < 4.78 is 24.7. The number of carbonyl (C=O) groups is 5. The van der Waals surface area contributed by atoms with Gasteiger partial charge in [-0.2, -0.15) is 0 Å². The quantitative estimate of drug-likeness (QED) is 0.0497. The molecular formula is C71H94BBr4N5NaO10. The third kappa shape index (κ3) is 31.4. The van der Waals surface area contributed by atoms with Crippen LogP contribution in [0.4, 0.5) is 9.59 Å². The van der Waals surface area contributed by atoms with E-state index in [9.17, 15) is 24.0 Å². The van der Waals surface area contributed by atoms with Gasteiger partial charge in [-0.05, 0) is 202 Å². The largest absolute Gasteiger partial charge is 1.00 e. The molecule has 5 saturated heterocycles. The second-order valence-electron chi connectivity index (χ2n) is 23.7. The Kier molecular flexibility index (Phi) is 40.9. The molecule has 6 heterocycles. The molecule has 0 spiro atoms. The molecule has 3 unspecified atom stereocenters. The third-order valence-electron chi connectivity index (χ3n) is 14.5. The van der Waals surface area contributed by atoms with Gasteiger partial charge in [-0.3, -0.25) is 14.6 Å². The van der Waals surface area contributed by atoms with Crippen LogP contribution in [0.25, 0.3) is 0 Å². The summed E-state index contributed by atoms with van der Waals surface area (Å²) in [5, 5.41) is 10.5. The molecule has 3 atom stereocenters. The molecule has 6 aliphatic heterocycles. The van der Waals surface area contributed by atoms with Crippen LogP contribution < -0.4 is 34.9 Å². The van der Waals surface area contributed by atoms with Crippen molar-refractivity contribution in [3.05, 3.63) is 185 Å². The number of aliphatic hydroxyl groups excluding tert-OH is 1. The fourth-order valence-corrected chi connectivity index (χ4v) is 11.2. The van der Waals surface area contributed by atoms with E-state index < -0.39 is 11.2 Å². The number of halogens is 4. The molecule has 0 aliphatic carbocycles. The Hall–Kier alpha value is -4.48. The van der Waals surface area contributed by atoms with Crippen molar-refractivity contribution >= 4 is 108 Å². The van der Waals surface area contributed by atoms with Gasteiger partial charge in [0.05, 0.1) is 24.8 Å². The van der Waals surface area contributed by atoms with E-state index in [1.807, 2.05) is 75.6 Å². The molecule has 0 saturated carbocycles. The number of amides is 3. The van der Waals surface area contributed by atoms with Crippen molar-refractivity contribution in [2.24, 2.45) is 4.99 Å². The summed E-state index contributed by atoms with van der Waals surface area (Å²) in [6.45, 7) is 22.2. The van der Waals surface area contributed by atoms with Gasteiger partial charge in [0.1, 0.15) is 17.5 Å². The zero-order valence-corrected chi connectivity index (χ0v) is 63.6. The molecule has 5 aromatic carbocycles. The zero-order chi connectivity index (χ0) is 66.1. The van der Waals surface area contributed by atoms with E-state index >= 15 is 0 Å². The van der Waals surface area contributed by atoms with E-state index in [4.69, 9.17) is 19.3 Å². The van der Waals surface area contributed by atoms with Crippen LogP contribution in [0.15, 0.2) is 157 Å². The average Bonchev–Trinajstić information content (AvgIpc) is 2.02. The molecule has 0 aromatic heterocycles. The predicted octanol–water partition coefficient (Wildman–Crippen LogP) is 14.2. The SMILES string of the molecule is Brc1ccc(C2=NCCC2)cc1.Brc1ccc(C2CCCN2)cc1.C1CCOC1.C=CCN1CCCC1=O.CC(C)(C)OC(=O)N1CCCC1c1ccc(Br)cc1.CC(C)(C)OC(=O)N1CCCC1c1ccc(C=O)cc1.CO.COC(=O)c1ccc(Br)cc1.[B].[H-].[Na+]. The van der Waals surface area contributed by atoms with Crippen LogP contribution in [-0.2, 0) is 23.7 Å². The van der Waals surface area contributed by atoms with Gasteiger partial charge in [0, 0.05) is 103 Å². The van der Waals surface area contributed by atoms with E-state index in [1.165, 1.54) is 68.2 Å². The van der Waals surface area contributed by atoms with Gasteiger partial charge >= 0.3 is 47.7 Å². The number of aldehydes is 1. The molecular weight excluding hydrogens is 1440 g/mol. The van der Waals surface area contributed by atoms with Crippen LogP contribution >= 0.6 is 63.7 Å². The van der Waals surface area contributed by atoms with Crippen LogP contribution in [-0.4, -0.2) is 142 Å². The van der Waals surface area contributed by atoms with Crippen molar-refractivity contribution in [3.63, 3.8) is 0 Å². The van der Waals surface area contributed by atoms with Crippen LogP contribution in [0, 0.1) is 0 Å². The summed E-state index contributed by atoms with van der Waals surface area (Å²) in [5.41, 5.74) is 6.47. The monoisotopic (exact) mass is 1530 g/mol. The van der Waals surface area contributed by atoms with Crippen LogP contribution in [0.1, 0.15) is 181 Å². The van der Waals surface area contributed by atoms with Crippen molar-refractivity contribution in [2.45, 2.75) is 148 Å². The number of aliphatic hydroxyl groups is 1. The van der Waals surface area contributed by atoms with Gasteiger partial charge in [-0.1, -0.05) is 130 Å². The first-order valence-electron chi connectivity index (χ1n) is 30.9. The summed E-state index contributed by atoms with van der Waals surface area (Å²) in [4.78, 5) is 66.7.